The zero-order chi connectivity index (χ0) is 18.7. The maximum absolute atomic E-state index is 13.1. The van der Waals surface area contributed by atoms with Gasteiger partial charge in [0.2, 0.25) is 5.91 Å². The second kappa shape index (κ2) is 7.92. The zero-order valence-electron chi connectivity index (χ0n) is 14.5. The van der Waals surface area contributed by atoms with E-state index in [1.807, 2.05) is 26.8 Å². The van der Waals surface area contributed by atoms with Crippen LogP contribution in [0, 0.1) is 26.6 Å². The maximum Gasteiger partial charge on any atom is 0.236 e. The summed E-state index contributed by atoms with van der Waals surface area (Å²) in [5, 5.41) is 3.91. The van der Waals surface area contributed by atoms with Crippen molar-refractivity contribution in [2.75, 3.05) is 11.1 Å². The number of nitrogens with one attached hydrogen (secondary N) is 1. The van der Waals surface area contributed by atoms with Gasteiger partial charge in [-0.15, -0.1) is 11.3 Å². The van der Waals surface area contributed by atoms with Crippen LogP contribution in [0.25, 0.3) is 11.3 Å². The third-order valence-electron chi connectivity index (χ3n) is 3.45. The van der Waals surface area contributed by atoms with Gasteiger partial charge in [0.15, 0.2) is 10.3 Å². The molecule has 8 heteroatoms. The molecule has 0 bridgehead atoms. The van der Waals surface area contributed by atoms with Crippen LogP contribution in [0.5, 0.6) is 0 Å². The molecule has 0 spiro atoms. The van der Waals surface area contributed by atoms with E-state index in [9.17, 15) is 9.18 Å². The molecular weight excluding hydrogens is 371 g/mol. The average molecular weight is 388 g/mol. The molecule has 3 rings (SSSR count). The van der Waals surface area contributed by atoms with E-state index in [-0.39, 0.29) is 17.5 Å². The smallest absolute Gasteiger partial charge is 0.236 e. The summed E-state index contributed by atoms with van der Waals surface area (Å²) < 4.78 is 13.1. The van der Waals surface area contributed by atoms with E-state index < -0.39 is 0 Å². The van der Waals surface area contributed by atoms with Gasteiger partial charge in [-0.05, 0) is 51.1 Å². The van der Waals surface area contributed by atoms with Gasteiger partial charge in [0.25, 0.3) is 0 Å². The van der Waals surface area contributed by atoms with Gasteiger partial charge < -0.3 is 5.32 Å². The van der Waals surface area contributed by atoms with Crippen molar-refractivity contribution in [3.05, 3.63) is 52.4 Å². The zero-order valence-corrected chi connectivity index (χ0v) is 16.2. The lowest BCUT2D eigenvalue weighted by atomic mass is 10.1. The van der Waals surface area contributed by atoms with Crippen LogP contribution in [0.3, 0.4) is 0 Å². The van der Waals surface area contributed by atoms with Gasteiger partial charge >= 0.3 is 0 Å². The Morgan fingerprint density at radius 1 is 1.12 bits per heavy atom. The number of thiazole rings is 1. The van der Waals surface area contributed by atoms with Crippen molar-refractivity contribution in [3.63, 3.8) is 0 Å². The lowest BCUT2D eigenvalue weighted by Gasteiger charge is -2.03. The number of carbonyl (C=O) groups is 1. The van der Waals surface area contributed by atoms with Crippen molar-refractivity contribution < 1.29 is 9.18 Å². The fourth-order valence-corrected chi connectivity index (χ4v) is 3.97. The monoisotopic (exact) mass is 388 g/mol. The Bertz CT molecular complexity index is 921. The number of benzene rings is 1. The number of halogens is 1. The van der Waals surface area contributed by atoms with Crippen molar-refractivity contribution >= 4 is 34.1 Å². The maximum atomic E-state index is 13.1. The van der Waals surface area contributed by atoms with Gasteiger partial charge in [-0.1, -0.05) is 11.8 Å². The molecule has 1 amide bonds. The summed E-state index contributed by atoms with van der Waals surface area (Å²) in [6.07, 6.45) is 0. The fourth-order valence-electron chi connectivity index (χ4n) is 2.37. The second-order valence-corrected chi connectivity index (χ2v) is 7.85. The van der Waals surface area contributed by atoms with E-state index in [0.29, 0.717) is 10.3 Å². The first kappa shape index (κ1) is 18.5. The number of aromatic nitrogens is 3. The molecule has 1 N–H and O–H groups in total. The van der Waals surface area contributed by atoms with Crippen LogP contribution >= 0.6 is 23.1 Å². The highest BCUT2D eigenvalue weighted by molar-refractivity contribution is 7.99. The van der Waals surface area contributed by atoms with Crippen molar-refractivity contribution in [1.82, 2.24) is 15.0 Å². The summed E-state index contributed by atoms with van der Waals surface area (Å²) in [5.74, 6) is -0.258. The van der Waals surface area contributed by atoms with Crippen molar-refractivity contribution in [3.8, 4) is 11.3 Å². The molecule has 0 saturated heterocycles. The molecule has 2 aromatic heterocycles. The summed E-state index contributed by atoms with van der Waals surface area (Å²) in [6, 6.07) is 8.03. The summed E-state index contributed by atoms with van der Waals surface area (Å²) in [4.78, 5) is 26.2. The van der Waals surface area contributed by atoms with E-state index >= 15 is 0 Å². The molecule has 0 aliphatic carbocycles. The van der Waals surface area contributed by atoms with E-state index in [4.69, 9.17) is 0 Å². The second-order valence-electron chi connectivity index (χ2n) is 5.70. The lowest BCUT2D eigenvalue weighted by Crippen LogP contribution is -2.14. The van der Waals surface area contributed by atoms with Crippen LogP contribution < -0.4 is 5.32 Å². The van der Waals surface area contributed by atoms with Crippen LogP contribution in [0.1, 0.15) is 16.3 Å². The Morgan fingerprint density at radius 3 is 2.42 bits per heavy atom. The largest absolute Gasteiger partial charge is 0.301 e. The number of nitrogens with zero attached hydrogens (tertiary/aromatic N) is 3. The van der Waals surface area contributed by atoms with Gasteiger partial charge in [0.1, 0.15) is 5.82 Å². The van der Waals surface area contributed by atoms with Gasteiger partial charge in [-0.25, -0.2) is 19.3 Å². The first-order valence-electron chi connectivity index (χ1n) is 7.89. The molecule has 0 saturated carbocycles. The van der Waals surface area contributed by atoms with Crippen molar-refractivity contribution in [1.29, 1.82) is 0 Å². The minimum Gasteiger partial charge on any atom is -0.301 e. The van der Waals surface area contributed by atoms with E-state index in [1.165, 1.54) is 35.2 Å². The van der Waals surface area contributed by atoms with E-state index in [1.54, 1.807) is 12.1 Å². The molecule has 0 atom stereocenters. The van der Waals surface area contributed by atoms with Gasteiger partial charge in [0, 0.05) is 21.8 Å². The van der Waals surface area contributed by atoms with Crippen LogP contribution in [0.15, 0.2) is 35.5 Å². The quantitative estimate of drug-likeness (QED) is 0.518. The Hall–Kier alpha value is -2.32. The van der Waals surface area contributed by atoms with Gasteiger partial charge in [0.05, 0.1) is 11.4 Å². The first-order chi connectivity index (χ1) is 12.4. The summed E-state index contributed by atoms with van der Waals surface area (Å²) in [6.45, 7) is 5.71. The van der Waals surface area contributed by atoms with Gasteiger partial charge in [-0.2, -0.15) is 0 Å². The topological polar surface area (TPSA) is 67.8 Å². The molecule has 0 aliphatic heterocycles. The van der Waals surface area contributed by atoms with Crippen LogP contribution in [0.4, 0.5) is 9.52 Å². The number of aryl methyl sites for hydroxylation is 3. The minimum atomic E-state index is -0.291. The number of anilines is 1. The predicted molar refractivity (Wildman–Crippen MR) is 103 cm³/mol. The molecule has 5 nitrogen and oxygen atoms in total. The molecule has 2 heterocycles. The van der Waals surface area contributed by atoms with Crippen molar-refractivity contribution in [2.24, 2.45) is 0 Å². The van der Waals surface area contributed by atoms with Gasteiger partial charge in [-0.3, -0.25) is 4.79 Å². The molecule has 0 fully saturated rings. The van der Waals surface area contributed by atoms with Crippen LogP contribution in [-0.2, 0) is 4.79 Å². The van der Waals surface area contributed by atoms with Crippen molar-refractivity contribution in [2.45, 2.75) is 25.9 Å². The Kier molecular flexibility index (Phi) is 5.63. The van der Waals surface area contributed by atoms with E-state index in [2.05, 4.69) is 20.3 Å². The molecule has 3 aromatic rings. The molecular formula is C18H17FN4OS2. The first-order valence-corrected chi connectivity index (χ1v) is 9.69. The third kappa shape index (κ3) is 4.64. The Morgan fingerprint density at radius 2 is 1.77 bits per heavy atom. The molecule has 1 aromatic carbocycles. The number of carbonyl (C=O) groups excluding carboxylic acids is 1. The highest BCUT2D eigenvalue weighted by atomic mass is 32.2. The van der Waals surface area contributed by atoms with Crippen LogP contribution in [-0.4, -0.2) is 26.6 Å². The molecule has 134 valence electrons. The molecule has 26 heavy (non-hydrogen) atoms. The summed E-state index contributed by atoms with van der Waals surface area (Å²) >= 11 is 2.68. The SMILES string of the molecule is Cc1cc(C)nc(SCC(=O)Nc2nc(-c3ccc(F)cc3)c(C)s2)n1. The standard InChI is InChI=1S/C18H17FN4OS2/c1-10-8-11(2)21-17(20-10)25-9-15(24)22-18-23-16(12(3)26-18)13-4-6-14(19)7-5-13/h4-8H,9H2,1-3H3,(H,22,23,24). The number of amides is 1. The average Bonchev–Trinajstić information content (AvgIpc) is 2.93. The molecule has 0 aliphatic rings. The Labute approximate surface area is 159 Å². The third-order valence-corrected chi connectivity index (χ3v) is 5.19. The normalized spacial score (nSPS) is 10.8. The van der Waals surface area contributed by atoms with Crippen LogP contribution in [0.2, 0.25) is 0 Å². The fraction of sp³-hybridized carbons (Fsp3) is 0.222. The minimum absolute atomic E-state index is 0.169. The molecule has 0 radical (unpaired) electrons. The number of hydrogen-bond donors (Lipinski definition) is 1. The number of thioether (sulfide) groups is 1. The number of rotatable bonds is 5. The summed E-state index contributed by atoms with van der Waals surface area (Å²) in [7, 11) is 0. The van der Waals surface area contributed by atoms with E-state index in [0.717, 1.165) is 27.5 Å². The predicted octanol–water partition coefficient (Wildman–Crippen LogP) is 4.40. The number of hydrogen-bond acceptors (Lipinski definition) is 6. The highest BCUT2D eigenvalue weighted by Gasteiger charge is 2.13. The highest BCUT2D eigenvalue weighted by Crippen LogP contribution is 2.30. The lowest BCUT2D eigenvalue weighted by molar-refractivity contribution is -0.113. The summed E-state index contributed by atoms with van der Waals surface area (Å²) in [5.41, 5.74) is 3.31. The Balaban J connectivity index is 1.64. The molecule has 0 unspecified atom stereocenters.